The van der Waals surface area contributed by atoms with Crippen LogP contribution in [0.4, 0.5) is 4.39 Å². The minimum absolute atomic E-state index is 0.0143. The van der Waals surface area contributed by atoms with Crippen LogP contribution in [0.1, 0.15) is 31.2 Å². The van der Waals surface area contributed by atoms with Gasteiger partial charge in [-0.25, -0.2) is 4.39 Å². The number of benzene rings is 1. The molecule has 0 aliphatic carbocycles. The molecule has 0 spiro atoms. The quantitative estimate of drug-likeness (QED) is 0.835. The number of halogens is 1. The van der Waals surface area contributed by atoms with Crippen molar-refractivity contribution in [3.8, 4) is 0 Å². The molecule has 0 atom stereocenters. The van der Waals surface area contributed by atoms with Gasteiger partial charge in [-0.05, 0) is 38.5 Å². The molecule has 0 aliphatic rings. The Morgan fingerprint density at radius 1 is 1.38 bits per heavy atom. The first kappa shape index (κ1) is 16.1. The van der Waals surface area contributed by atoms with Gasteiger partial charge in [-0.2, -0.15) is 0 Å². The van der Waals surface area contributed by atoms with Crippen LogP contribution in [-0.2, 0) is 13.1 Å². The Kier molecular flexibility index (Phi) is 4.81. The van der Waals surface area contributed by atoms with Crippen LogP contribution in [0.5, 0.6) is 0 Å². The number of hydrogen-bond acceptors (Lipinski definition) is 3. The van der Waals surface area contributed by atoms with Gasteiger partial charge in [0.15, 0.2) is 0 Å². The van der Waals surface area contributed by atoms with Crippen molar-refractivity contribution in [2.24, 2.45) is 5.73 Å². The molecular weight excluding hydrogens is 283 g/mol. The zero-order valence-corrected chi connectivity index (χ0v) is 13.8. The van der Waals surface area contributed by atoms with Gasteiger partial charge in [-0.3, -0.25) is 4.90 Å². The highest BCUT2D eigenvalue weighted by Crippen LogP contribution is 2.34. The van der Waals surface area contributed by atoms with E-state index in [0.717, 1.165) is 27.1 Å². The van der Waals surface area contributed by atoms with Crippen molar-refractivity contribution in [1.82, 2.24) is 4.90 Å². The minimum Gasteiger partial charge on any atom is -0.326 e. The van der Waals surface area contributed by atoms with Gasteiger partial charge in [0.2, 0.25) is 0 Å². The summed E-state index contributed by atoms with van der Waals surface area (Å²) in [6, 6.07) is 5.23. The van der Waals surface area contributed by atoms with Gasteiger partial charge < -0.3 is 5.73 Å². The molecular formula is C17H23FN2S. The predicted octanol–water partition coefficient (Wildman–Crippen LogP) is 4.29. The first-order valence-electron chi connectivity index (χ1n) is 7.13. The minimum atomic E-state index is -0.161. The lowest BCUT2D eigenvalue weighted by Crippen LogP contribution is -2.41. The third-order valence-corrected chi connectivity index (χ3v) is 4.90. The third-order valence-electron chi connectivity index (χ3n) is 3.68. The van der Waals surface area contributed by atoms with E-state index in [1.54, 1.807) is 17.4 Å². The Hall–Kier alpha value is -1.23. The maximum atomic E-state index is 14.3. The van der Waals surface area contributed by atoms with E-state index < -0.39 is 0 Å². The van der Waals surface area contributed by atoms with Crippen LogP contribution >= 0.6 is 11.3 Å². The number of hydrogen-bond donors (Lipinski definition) is 1. The number of rotatable bonds is 5. The highest BCUT2D eigenvalue weighted by molar-refractivity contribution is 7.19. The van der Waals surface area contributed by atoms with Gasteiger partial charge in [-0.15, -0.1) is 17.9 Å². The van der Waals surface area contributed by atoms with Crippen LogP contribution in [0.3, 0.4) is 0 Å². The zero-order valence-electron chi connectivity index (χ0n) is 12.9. The number of nitrogens with zero attached hydrogens (tertiary/aromatic N) is 1. The molecule has 0 saturated heterocycles. The molecule has 0 amide bonds. The fourth-order valence-corrected chi connectivity index (χ4v) is 3.58. The molecule has 0 fully saturated rings. The van der Waals surface area contributed by atoms with Crippen LogP contribution in [0.15, 0.2) is 30.9 Å². The molecule has 0 aliphatic heterocycles. The van der Waals surface area contributed by atoms with Crippen LogP contribution in [-0.4, -0.2) is 17.0 Å². The summed E-state index contributed by atoms with van der Waals surface area (Å²) in [7, 11) is 0. The van der Waals surface area contributed by atoms with Gasteiger partial charge >= 0.3 is 0 Å². The standard InChI is InChI=1S/C17H23FN2S/c1-5-9-20(17(2,3)4)11-12-15(10-19)21-14-8-6-7-13(18)16(12)14/h5-8H,1,9-11,19H2,2-4H3. The van der Waals surface area contributed by atoms with E-state index in [4.69, 9.17) is 5.73 Å². The van der Waals surface area contributed by atoms with Gasteiger partial charge in [0, 0.05) is 40.1 Å². The summed E-state index contributed by atoms with van der Waals surface area (Å²) in [4.78, 5) is 3.35. The van der Waals surface area contributed by atoms with Gasteiger partial charge in [0.25, 0.3) is 0 Å². The summed E-state index contributed by atoms with van der Waals surface area (Å²) in [6.07, 6.45) is 1.89. The summed E-state index contributed by atoms with van der Waals surface area (Å²) in [5.41, 5.74) is 6.88. The second kappa shape index (κ2) is 6.26. The highest BCUT2D eigenvalue weighted by atomic mass is 32.1. The van der Waals surface area contributed by atoms with Crippen molar-refractivity contribution in [3.63, 3.8) is 0 Å². The lowest BCUT2D eigenvalue weighted by atomic mass is 10.0. The summed E-state index contributed by atoms with van der Waals surface area (Å²) in [5.74, 6) is -0.161. The lowest BCUT2D eigenvalue weighted by Gasteiger charge is -2.35. The molecule has 21 heavy (non-hydrogen) atoms. The second-order valence-electron chi connectivity index (χ2n) is 6.16. The Morgan fingerprint density at radius 3 is 2.67 bits per heavy atom. The van der Waals surface area contributed by atoms with Crippen LogP contribution in [0.25, 0.3) is 10.1 Å². The van der Waals surface area contributed by atoms with E-state index in [-0.39, 0.29) is 11.4 Å². The predicted molar refractivity (Wildman–Crippen MR) is 90.0 cm³/mol. The monoisotopic (exact) mass is 306 g/mol. The smallest absolute Gasteiger partial charge is 0.132 e. The van der Waals surface area contributed by atoms with Gasteiger partial charge in [-0.1, -0.05) is 12.1 Å². The highest BCUT2D eigenvalue weighted by Gasteiger charge is 2.24. The molecule has 2 aromatic rings. The molecule has 0 saturated carbocycles. The average Bonchev–Trinajstić information content (AvgIpc) is 2.76. The van der Waals surface area contributed by atoms with E-state index in [2.05, 4.69) is 32.3 Å². The summed E-state index contributed by atoms with van der Waals surface area (Å²) >= 11 is 1.59. The number of fused-ring (bicyclic) bond motifs is 1. The summed E-state index contributed by atoms with van der Waals surface area (Å²) < 4.78 is 15.2. The van der Waals surface area contributed by atoms with Crippen molar-refractivity contribution in [1.29, 1.82) is 0 Å². The molecule has 4 heteroatoms. The van der Waals surface area contributed by atoms with Crippen molar-refractivity contribution >= 4 is 21.4 Å². The fraction of sp³-hybridized carbons (Fsp3) is 0.412. The van der Waals surface area contributed by atoms with Crippen molar-refractivity contribution in [2.75, 3.05) is 6.54 Å². The first-order chi connectivity index (χ1) is 9.88. The maximum Gasteiger partial charge on any atom is 0.132 e. The van der Waals surface area contributed by atoms with E-state index in [1.165, 1.54) is 6.07 Å². The molecule has 2 N–H and O–H groups in total. The maximum absolute atomic E-state index is 14.3. The van der Waals surface area contributed by atoms with E-state index >= 15 is 0 Å². The van der Waals surface area contributed by atoms with Crippen molar-refractivity contribution in [2.45, 2.75) is 39.4 Å². The van der Waals surface area contributed by atoms with Crippen molar-refractivity contribution in [3.05, 3.63) is 47.1 Å². The van der Waals surface area contributed by atoms with E-state index in [9.17, 15) is 4.39 Å². The zero-order chi connectivity index (χ0) is 15.6. The molecule has 114 valence electrons. The number of thiophene rings is 1. The van der Waals surface area contributed by atoms with Crippen LogP contribution in [0, 0.1) is 5.82 Å². The lowest BCUT2D eigenvalue weighted by molar-refractivity contribution is 0.146. The Balaban J connectivity index is 2.51. The topological polar surface area (TPSA) is 29.3 Å². The fourth-order valence-electron chi connectivity index (χ4n) is 2.47. The Bertz CT molecular complexity index is 640. The molecule has 0 radical (unpaired) electrons. The summed E-state index contributed by atoms with van der Waals surface area (Å²) in [5, 5.41) is 0.723. The first-order valence-corrected chi connectivity index (χ1v) is 7.95. The van der Waals surface area contributed by atoms with E-state index in [0.29, 0.717) is 13.1 Å². The molecule has 0 bridgehead atoms. The molecule has 2 rings (SSSR count). The van der Waals surface area contributed by atoms with Crippen LogP contribution in [0.2, 0.25) is 0 Å². The third kappa shape index (κ3) is 3.34. The van der Waals surface area contributed by atoms with Gasteiger partial charge in [0.05, 0.1) is 0 Å². The van der Waals surface area contributed by atoms with Crippen molar-refractivity contribution < 1.29 is 4.39 Å². The molecule has 2 nitrogen and oxygen atoms in total. The van der Waals surface area contributed by atoms with Gasteiger partial charge in [0.1, 0.15) is 5.82 Å². The Labute approximate surface area is 130 Å². The average molecular weight is 306 g/mol. The second-order valence-corrected chi connectivity index (χ2v) is 7.30. The van der Waals surface area contributed by atoms with E-state index in [1.807, 2.05) is 12.1 Å². The molecule has 1 aromatic carbocycles. The summed E-state index contributed by atoms with van der Waals surface area (Å²) in [6.45, 7) is 12.2. The number of nitrogens with two attached hydrogens (primary N) is 1. The molecule has 0 unspecified atom stereocenters. The largest absolute Gasteiger partial charge is 0.326 e. The molecule has 1 aromatic heterocycles. The normalized spacial score (nSPS) is 12.3. The van der Waals surface area contributed by atoms with Crippen LogP contribution < -0.4 is 5.73 Å². The Morgan fingerprint density at radius 2 is 2.10 bits per heavy atom. The SMILES string of the molecule is C=CCN(Cc1c(CN)sc2cccc(F)c12)C(C)(C)C. The molecule has 1 heterocycles.